The highest BCUT2D eigenvalue weighted by Gasteiger charge is 2.37. The van der Waals surface area contributed by atoms with Crippen molar-refractivity contribution < 1.29 is 22.7 Å². The summed E-state index contributed by atoms with van der Waals surface area (Å²) in [4.78, 5) is 13.4. The van der Waals surface area contributed by atoms with E-state index in [0.717, 1.165) is 10.5 Å². The van der Waals surface area contributed by atoms with Gasteiger partial charge in [-0.1, -0.05) is 17.7 Å². The molecule has 1 amide bonds. The first-order valence-corrected chi connectivity index (χ1v) is 6.89. The van der Waals surface area contributed by atoms with Crippen molar-refractivity contribution in [1.82, 2.24) is 4.90 Å². The van der Waals surface area contributed by atoms with Crippen molar-refractivity contribution in [2.45, 2.75) is 32.0 Å². The van der Waals surface area contributed by atoms with Crippen LogP contribution in [0, 0.1) is 6.92 Å². The van der Waals surface area contributed by atoms with Crippen molar-refractivity contribution in [3.8, 4) is 0 Å². The molecule has 0 aliphatic carbocycles. The lowest BCUT2D eigenvalue weighted by Crippen LogP contribution is -2.47. The fourth-order valence-electron chi connectivity index (χ4n) is 2.42. The van der Waals surface area contributed by atoms with E-state index < -0.39 is 24.7 Å². The Bertz CT molecular complexity index is 479. The van der Waals surface area contributed by atoms with E-state index in [1.165, 1.54) is 0 Å². The van der Waals surface area contributed by atoms with Crippen LogP contribution >= 0.6 is 0 Å². The molecule has 0 N–H and O–H groups in total. The maximum atomic E-state index is 12.8. The third kappa shape index (κ3) is 4.46. The summed E-state index contributed by atoms with van der Waals surface area (Å²) < 4.78 is 43.5. The summed E-state index contributed by atoms with van der Waals surface area (Å²) in [5, 5.41) is 0. The largest absolute Gasteiger partial charge is 0.406 e. The number of benzene rings is 1. The topological polar surface area (TPSA) is 29.5 Å². The predicted molar refractivity (Wildman–Crippen MR) is 72.1 cm³/mol. The van der Waals surface area contributed by atoms with Gasteiger partial charge in [0.1, 0.15) is 6.54 Å². The molecule has 0 saturated carbocycles. The second-order valence-corrected chi connectivity index (χ2v) is 5.26. The smallest absolute Gasteiger partial charge is 0.381 e. The molecule has 1 aromatic carbocycles. The first-order chi connectivity index (χ1) is 9.87. The van der Waals surface area contributed by atoms with Crippen molar-refractivity contribution >= 4 is 5.91 Å². The number of ether oxygens (including phenoxy) is 1. The molecule has 0 bridgehead atoms. The molecule has 0 spiro atoms. The molecule has 0 aromatic heterocycles. The molecule has 3 nitrogen and oxygen atoms in total. The number of carbonyl (C=O) groups is 1. The minimum atomic E-state index is -4.40. The second-order valence-electron chi connectivity index (χ2n) is 5.26. The van der Waals surface area contributed by atoms with Crippen LogP contribution in [0.3, 0.4) is 0 Å². The Morgan fingerprint density at radius 2 is 1.81 bits per heavy atom. The highest BCUT2D eigenvalue weighted by atomic mass is 19.4. The van der Waals surface area contributed by atoms with Crippen molar-refractivity contribution in [3.63, 3.8) is 0 Å². The molecule has 1 aliphatic rings. The molecule has 2 rings (SSSR count). The van der Waals surface area contributed by atoms with Gasteiger partial charge in [0.15, 0.2) is 0 Å². The van der Waals surface area contributed by atoms with Crippen LogP contribution in [0.4, 0.5) is 13.2 Å². The lowest BCUT2D eigenvalue weighted by atomic mass is 10.0. The number of nitrogens with zero attached hydrogens (tertiary/aromatic N) is 1. The first kappa shape index (κ1) is 15.8. The fraction of sp³-hybridized carbons (Fsp3) is 0.533. The minimum Gasteiger partial charge on any atom is -0.381 e. The average molecular weight is 301 g/mol. The van der Waals surface area contributed by atoms with Gasteiger partial charge in [-0.25, -0.2) is 0 Å². The summed E-state index contributed by atoms with van der Waals surface area (Å²) in [6, 6.07) is 6.17. The van der Waals surface area contributed by atoms with Crippen LogP contribution in [0.2, 0.25) is 0 Å². The maximum Gasteiger partial charge on any atom is 0.406 e. The van der Waals surface area contributed by atoms with E-state index in [1.807, 2.05) is 6.92 Å². The quantitative estimate of drug-likeness (QED) is 0.858. The minimum absolute atomic E-state index is 0.288. The molecule has 1 saturated heterocycles. The molecular weight excluding hydrogens is 283 g/mol. The number of aryl methyl sites for hydroxylation is 1. The van der Waals surface area contributed by atoms with E-state index in [9.17, 15) is 18.0 Å². The van der Waals surface area contributed by atoms with E-state index in [1.54, 1.807) is 24.3 Å². The van der Waals surface area contributed by atoms with Crippen LogP contribution in [0.15, 0.2) is 24.3 Å². The van der Waals surface area contributed by atoms with Crippen molar-refractivity contribution in [2.75, 3.05) is 19.8 Å². The van der Waals surface area contributed by atoms with Gasteiger partial charge in [0.2, 0.25) is 0 Å². The number of rotatable bonds is 3. The highest BCUT2D eigenvalue weighted by Crippen LogP contribution is 2.24. The first-order valence-electron chi connectivity index (χ1n) is 6.89. The van der Waals surface area contributed by atoms with E-state index in [4.69, 9.17) is 4.74 Å². The lowest BCUT2D eigenvalue weighted by molar-refractivity contribution is -0.147. The molecular formula is C15H18F3NO2. The lowest BCUT2D eigenvalue weighted by Gasteiger charge is -2.34. The van der Waals surface area contributed by atoms with Gasteiger partial charge in [0.05, 0.1) is 0 Å². The van der Waals surface area contributed by atoms with Gasteiger partial charge < -0.3 is 9.64 Å². The Kier molecular flexibility index (Phi) is 4.88. The monoisotopic (exact) mass is 301 g/mol. The standard InChI is InChI=1S/C15H18F3NO2/c1-11-2-4-12(5-3-11)14(20)19(10-15(16,17)18)13-6-8-21-9-7-13/h2-5,13H,6-10H2,1H3. The van der Waals surface area contributed by atoms with Gasteiger partial charge in [-0.3, -0.25) is 4.79 Å². The Morgan fingerprint density at radius 1 is 1.24 bits per heavy atom. The molecule has 0 atom stereocenters. The summed E-state index contributed by atoms with van der Waals surface area (Å²) in [6.45, 7) is 1.42. The van der Waals surface area contributed by atoms with Crippen molar-refractivity contribution in [2.24, 2.45) is 0 Å². The average Bonchev–Trinajstić information content (AvgIpc) is 2.45. The second kappa shape index (κ2) is 6.47. The van der Waals surface area contributed by atoms with Crippen LogP contribution in [0.1, 0.15) is 28.8 Å². The molecule has 1 fully saturated rings. The molecule has 21 heavy (non-hydrogen) atoms. The number of hydrogen-bond donors (Lipinski definition) is 0. The third-order valence-electron chi connectivity index (χ3n) is 3.54. The SMILES string of the molecule is Cc1ccc(C(=O)N(CC(F)(F)F)C2CCOCC2)cc1. The maximum absolute atomic E-state index is 12.8. The summed E-state index contributed by atoms with van der Waals surface area (Å²) in [5.74, 6) is -0.570. The summed E-state index contributed by atoms with van der Waals surface area (Å²) in [7, 11) is 0. The summed E-state index contributed by atoms with van der Waals surface area (Å²) in [6.07, 6.45) is -3.53. The molecule has 0 unspecified atom stereocenters. The van der Waals surface area contributed by atoms with Crippen LogP contribution in [-0.4, -0.2) is 42.8 Å². The normalized spacial score (nSPS) is 16.8. The Labute approximate surface area is 121 Å². The Hall–Kier alpha value is -1.56. The Balaban J connectivity index is 2.20. The van der Waals surface area contributed by atoms with Gasteiger partial charge in [0.25, 0.3) is 5.91 Å². The predicted octanol–water partition coefficient (Wildman–Crippen LogP) is 3.18. The molecule has 1 aromatic rings. The number of amides is 1. The Morgan fingerprint density at radius 3 is 2.33 bits per heavy atom. The van der Waals surface area contributed by atoms with Gasteiger partial charge in [0, 0.05) is 24.8 Å². The fourth-order valence-corrected chi connectivity index (χ4v) is 2.42. The number of carbonyl (C=O) groups excluding carboxylic acids is 1. The zero-order valence-corrected chi connectivity index (χ0v) is 11.8. The molecule has 0 radical (unpaired) electrons. The van der Waals surface area contributed by atoms with Gasteiger partial charge >= 0.3 is 6.18 Å². The third-order valence-corrected chi connectivity index (χ3v) is 3.54. The van der Waals surface area contributed by atoms with Crippen LogP contribution < -0.4 is 0 Å². The van der Waals surface area contributed by atoms with Crippen molar-refractivity contribution in [1.29, 1.82) is 0 Å². The van der Waals surface area contributed by atoms with E-state index >= 15 is 0 Å². The number of halogens is 3. The van der Waals surface area contributed by atoms with Crippen LogP contribution in [-0.2, 0) is 4.74 Å². The van der Waals surface area contributed by atoms with E-state index in [0.29, 0.717) is 26.1 Å². The summed E-state index contributed by atoms with van der Waals surface area (Å²) >= 11 is 0. The van der Waals surface area contributed by atoms with Gasteiger partial charge in [-0.15, -0.1) is 0 Å². The molecule has 116 valence electrons. The van der Waals surface area contributed by atoms with Crippen LogP contribution in [0.5, 0.6) is 0 Å². The van der Waals surface area contributed by atoms with Gasteiger partial charge in [-0.05, 0) is 31.9 Å². The van der Waals surface area contributed by atoms with Crippen LogP contribution in [0.25, 0.3) is 0 Å². The van der Waals surface area contributed by atoms with E-state index in [-0.39, 0.29) is 5.56 Å². The highest BCUT2D eigenvalue weighted by molar-refractivity contribution is 5.94. The number of alkyl halides is 3. The molecule has 6 heteroatoms. The molecule has 1 aliphatic heterocycles. The van der Waals surface area contributed by atoms with Gasteiger partial charge in [-0.2, -0.15) is 13.2 Å². The van der Waals surface area contributed by atoms with E-state index in [2.05, 4.69) is 0 Å². The zero-order chi connectivity index (χ0) is 15.5. The van der Waals surface area contributed by atoms with Crippen molar-refractivity contribution in [3.05, 3.63) is 35.4 Å². The number of hydrogen-bond acceptors (Lipinski definition) is 2. The summed E-state index contributed by atoms with van der Waals surface area (Å²) in [5.41, 5.74) is 1.25. The zero-order valence-electron chi connectivity index (χ0n) is 11.8. The molecule has 1 heterocycles.